The number of alkyl carbamates (subject to hydrolysis) is 1. The third-order valence-electron chi connectivity index (χ3n) is 3.40. The van der Waals surface area contributed by atoms with Crippen molar-refractivity contribution >= 4 is 23.5 Å². The predicted octanol–water partition coefficient (Wildman–Crippen LogP) is 2.80. The topological polar surface area (TPSA) is 56.8 Å². The van der Waals surface area contributed by atoms with Crippen LogP contribution in [0.3, 0.4) is 0 Å². The van der Waals surface area contributed by atoms with E-state index in [0.29, 0.717) is 0 Å². The van der Waals surface area contributed by atoms with Crippen molar-refractivity contribution in [3.63, 3.8) is 0 Å². The summed E-state index contributed by atoms with van der Waals surface area (Å²) in [6, 6.07) is 9.47. The van der Waals surface area contributed by atoms with Crippen LogP contribution in [-0.4, -0.2) is 30.1 Å². The molecular formula is C16H19NO4S. The van der Waals surface area contributed by atoms with Gasteiger partial charge < -0.3 is 19.5 Å². The van der Waals surface area contributed by atoms with E-state index in [9.17, 15) is 4.79 Å². The summed E-state index contributed by atoms with van der Waals surface area (Å²) in [5.74, 6) is 0.0626. The van der Waals surface area contributed by atoms with Crippen molar-refractivity contribution in [1.29, 1.82) is 0 Å². The molecule has 1 saturated heterocycles. The maximum absolute atomic E-state index is 11.7. The fraction of sp³-hybridized carbons (Fsp3) is 0.375. The molecule has 1 fully saturated rings. The first-order valence-electron chi connectivity index (χ1n) is 7.04. The Hall–Kier alpha value is -2.08. The molecule has 0 aromatic heterocycles. The van der Waals surface area contributed by atoms with Gasteiger partial charge in [-0.05, 0) is 5.56 Å². The Labute approximate surface area is 135 Å². The smallest absolute Gasteiger partial charge is 0.407 e. The normalized spacial score (nSPS) is 21.4. The molecule has 0 bridgehead atoms. The first kappa shape index (κ1) is 16.3. The molecule has 0 aliphatic carbocycles. The molecule has 1 aromatic carbocycles. The molecule has 0 radical (unpaired) electrons. The van der Waals surface area contributed by atoms with E-state index in [1.54, 1.807) is 6.08 Å². The second-order valence-electron chi connectivity index (χ2n) is 5.03. The van der Waals surface area contributed by atoms with E-state index in [4.69, 9.17) is 26.4 Å². The van der Waals surface area contributed by atoms with Crippen molar-refractivity contribution in [2.24, 2.45) is 5.92 Å². The van der Waals surface area contributed by atoms with Crippen LogP contribution in [0.4, 0.5) is 4.79 Å². The first-order chi connectivity index (χ1) is 10.6. The lowest BCUT2D eigenvalue weighted by Crippen LogP contribution is -2.39. The Morgan fingerprint density at radius 3 is 2.86 bits per heavy atom. The van der Waals surface area contributed by atoms with Crippen molar-refractivity contribution in [2.75, 3.05) is 6.54 Å². The monoisotopic (exact) mass is 321 g/mol. The molecule has 3 atom stereocenters. The van der Waals surface area contributed by atoms with E-state index in [1.807, 2.05) is 37.3 Å². The lowest BCUT2D eigenvalue weighted by molar-refractivity contribution is 0.109. The minimum Gasteiger partial charge on any atom is -0.449 e. The molecular weight excluding hydrogens is 302 g/mol. The number of benzene rings is 1. The van der Waals surface area contributed by atoms with Gasteiger partial charge in [-0.15, -0.1) is 6.58 Å². The highest BCUT2D eigenvalue weighted by Gasteiger charge is 2.37. The largest absolute Gasteiger partial charge is 0.449 e. The second-order valence-corrected chi connectivity index (χ2v) is 5.36. The highest BCUT2D eigenvalue weighted by Crippen LogP contribution is 2.22. The van der Waals surface area contributed by atoms with Gasteiger partial charge in [0.05, 0.1) is 6.54 Å². The van der Waals surface area contributed by atoms with Gasteiger partial charge in [0.25, 0.3) is 0 Å². The van der Waals surface area contributed by atoms with Gasteiger partial charge in [0, 0.05) is 18.1 Å². The number of nitrogens with one attached hydrogen (secondary N) is 1. The zero-order chi connectivity index (χ0) is 15.9. The van der Waals surface area contributed by atoms with E-state index in [0.717, 1.165) is 5.56 Å². The third kappa shape index (κ3) is 4.46. The van der Waals surface area contributed by atoms with E-state index >= 15 is 0 Å². The number of ether oxygens (including phenoxy) is 3. The molecule has 118 valence electrons. The summed E-state index contributed by atoms with van der Waals surface area (Å²) >= 11 is 4.91. The number of amides is 1. The fourth-order valence-corrected chi connectivity index (χ4v) is 2.34. The molecule has 1 heterocycles. The lowest BCUT2D eigenvalue weighted by Gasteiger charge is -2.19. The molecule has 0 spiro atoms. The van der Waals surface area contributed by atoms with Gasteiger partial charge in [-0.25, -0.2) is 4.79 Å². The first-order valence-corrected chi connectivity index (χ1v) is 7.45. The average molecular weight is 321 g/mol. The molecule has 2 rings (SSSR count). The molecule has 1 aliphatic heterocycles. The van der Waals surface area contributed by atoms with Crippen LogP contribution in [0.5, 0.6) is 0 Å². The van der Waals surface area contributed by atoms with Crippen molar-refractivity contribution in [1.82, 2.24) is 5.32 Å². The zero-order valence-electron chi connectivity index (χ0n) is 12.4. The maximum Gasteiger partial charge on any atom is 0.407 e. The van der Waals surface area contributed by atoms with Gasteiger partial charge in [0.2, 0.25) is 0 Å². The fourth-order valence-electron chi connectivity index (χ4n) is 2.10. The Balaban J connectivity index is 1.77. The Morgan fingerprint density at radius 1 is 1.45 bits per heavy atom. The summed E-state index contributed by atoms with van der Waals surface area (Å²) in [7, 11) is 0. The van der Waals surface area contributed by atoms with E-state index in [1.165, 1.54) is 0 Å². The average Bonchev–Trinajstić information content (AvgIpc) is 2.92. The van der Waals surface area contributed by atoms with E-state index in [-0.39, 0.29) is 36.5 Å². The van der Waals surface area contributed by atoms with Gasteiger partial charge in [-0.1, -0.05) is 43.3 Å². The zero-order valence-corrected chi connectivity index (χ0v) is 13.2. The number of rotatable bonds is 6. The van der Waals surface area contributed by atoms with Crippen LogP contribution in [-0.2, 0) is 20.8 Å². The van der Waals surface area contributed by atoms with Crippen molar-refractivity contribution in [3.05, 3.63) is 48.6 Å². The Bertz CT molecular complexity index is 534. The number of hydrogen-bond donors (Lipinski definition) is 1. The summed E-state index contributed by atoms with van der Waals surface area (Å²) in [5, 5.41) is 2.76. The van der Waals surface area contributed by atoms with Crippen molar-refractivity contribution in [2.45, 2.75) is 25.7 Å². The molecule has 22 heavy (non-hydrogen) atoms. The van der Waals surface area contributed by atoms with Gasteiger partial charge in [0.1, 0.15) is 12.7 Å². The van der Waals surface area contributed by atoms with Crippen LogP contribution in [0.1, 0.15) is 12.5 Å². The Morgan fingerprint density at radius 2 is 2.18 bits per heavy atom. The summed E-state index contributed by atoms with van der Waals surface area (Å²) in [6.45, 7) is 6.17. The van der Waals surface area contributed by atoms with E-state index in [2.05, 4.69) is 11.9 Å². The standard InChI is InChI=1S/C16H19NO4S/c1-3-11(2)14-13(20-16(22)21-14)9-17-15(18)19-10-12-7-5-4-6-8-12/h3-8,11,13-14H,1,9-10H2,2H3,(H,17,18)/t11-,13+,14-/m1/s1. The van der Waals surface area contributed by atoms with Gasteiger partial charge >= 0.3 is 11.3 Å². The minimum atomic E-state index is -0.504. The predicted molar refractivity (Wildman–Crippen MR) is 86.3 cm³/mol. The van der Waals surface area contributed by atoms with Gasteiger partial charge in [-0.3, -0.25) is 0 Å². The summed E-state index contributed by atoms with van der Waals surface area (Å²) < 4.78 is 16.0. The molecule has 0 saturated carbocycles. The number of thiocarbonyl (C=S) groups is 1. The SMILES string of the molecule is C=C[C@@H](C)[C@H]1OC(=S)O[C@H]1CNC(=O)OCc1ccccc1. The number of carbonyl (C=O) groups excluding carboxylic acids is 1. The molecule has 6 heteroatoms. The molecule has 0 unspecified atom stereocenters. The molecule has 1 aromatic rings. The highest BCUT2D eigenvalue weighted by molar-refractivity contribution is 7.79. The number of hydrogen-bond acceptors (Lipinski definition) is 5. The summed E-state index contributed by atoms with van der Waals surface area (Å²) in [5.41, 5.74) is 0.928. The van der Waals surface area contributed by atoms with Crippen molar-refractivity contribution in [3.8, 4) is 0 Å². The summed E-state index contributed by atoms with van der Waals surface area (Å²) in [4.78, 5) is 11.7. The quantitative estimate of drug-likeness (QED) is 0.645. The lowest BCUT2D eigenvalue weighted by atomic mass is 10.00. The molecule has 1 aliphatic rings. The molecule has 1 N–H and O–H groups in total. The van der Waals surface area contributed by atoms with Crippen LogP contribution in [0.2, 0.25) is 0 Å². The Kier molecular flexibility index (Phi) is 5.77. The molecule has 5 nitrogen and oxygen atoms in total. The van der Waals surface area contributed by atoms with Crippen molar-refractivity contribution < 1.29 is 19.0 Å². The highest BCUT2D eigenvalue weighted by atomic mass is 32.1. The van der Waals surface area contributed by atoms with E-state index < -0.39 is 6.09 Å². The third-order valence-corrected chi connectivity index (χ3v) is 3.59. The van der Waals surface area contributed by atoms with Crippen LogP contribution in [0.25, 0.3) is 0 Å². The maximum atomic E-state index is 11.7. The molecule has 1 amide bonds. The second kappa shape index (κ2) is 7.79. The van der Waals surface area contributed by atoms with Crippen LogP contribution in [0, 0.1) is 5.92 Å². The summed E-state index contributed by atoms with van der Waals surface area (Å²) in [6.07, 6.45) is 0.669. The number of carbonyl (C=O) groups is 1. The van der Waals surface area contributed by atoms with Gasteiger partial charge in [0.15, 0.2) is 6.10 Å². The van der Waals surface area contributed by atoms with Crippen LogP contribution in [0.15, 0.2) is 43.0 Å². The van der Waals surface area contributed by atoms with Gasteiger partial charge in [-0.2, -0.15) is 0 Å². The van der Waals surface area contributed by atoms with Crippen LogP contribution >= 0.6 is 12.2 Å². The minimum absolute atomic E-state index is 0.0626. The van der Waals surface area contributed by atoms with Crippen LogP contribution < -0.4 is 5.32 Å².